The second kappa shape index (κ2) is 6.12. The number of hydrogen-bond acceptors (Lipinski definition) is 4. The van der Waals surface area contributed by atoms with E-state index in [-0.39, 0.29) is 23.9 Å². The summed E-state index contributed by atoms with van der Waals surface area (Å²) in [5, 5.41) is 0. The van der Waals surface area contributed by atoms with Gasteiger partial charge in [-0.25, -0.2) is 0 Å². The Hall–Kier alpha value is -1.82. The highest BCUT2D eigenvalue weighted by molar-refractivity contribution is 5.92. The molecule has 120 valence electrons. The number of furan rings is 1. The molecule has 3 rings (SSSR count). The number of hydrogen-bond donors (Lipinski definition) is 0. The van der Waals surface area contributed by atoms with Gasteiger partial charge in [0.05, 0.1) is 18.7 Å². The first-order chi connectivity index (χ1) is 10.6. The van der Waals surface area contributed by atoms with Gasteiger partial charge in [-0.2, -0.15) is 0 Å². The highest BCUT2D eigenvalue weighted by Gasteiger charge is 2.45. The molecule has 2 saturated heterocycles. The van der Waals surface area contributed by atoms with Crippen LogP contribution in [0.5, 0.6) is 0 Å². The average molecular weight is 306 g/mol. The fourth-order valence-corrected chi connectivity index (χ4v) is 3.57. The van der Waals surface area contributed by atoms with Crippen molar-refractivity contribution in [2.24, 2.45) is 0 Å². The summed E-state index contributed by atoms with van der Waals surface area (Å²) in [5.74, 6) is 1.22. The zero-order valence-electron chi connectivity index (χ0n) is 13.1. The zero-order chi connectivity index (χ0) is 15.7. The van der Waals surface area contributed by atoms with Crippen LogP contribution in [0.4, 0.5) is 0 Å². The molecule has 0 N–H and O–H groups in total. The van der Waals surface area contributed by atoms with Crippen LogP contribution in [0.1, 0.15) is 35.6 Å². The molecule has 2 aliphatic heterocycles. The number of fused-ring (bicyclic) bond motifs is 1. The Kier molecular flexibility index (Phi) is 4.20. The highest BCUT2D eigenvalue weighted by atomic mass is 16.5. The summed E-state index contributed by atoms with van der Waals surface area (Å²) >= 11 is 0. The maximum absolute atomic E-state index is 12.6. The van der Waals surface area contributed by atoms with Crippen molar-refractivity contribution >= 4 is 11.8 Å². The number of rotatable bonds is 4. The highest BCUT2D eigenvalue weighted by Crippen LogP contribution is 2.32. The normalized spacial score (nSPS) is 24.7. The lowest BCUT2D eigenvalue weighted by Gasteiger charge is -2.39. The summed E-state index contributed by atoms with van der Waals surface area (Å²) in [5.41, 5.74) is 0. The lowest BCUT2D eigenvalue weighted by Crippen LogP contribution is -2.54. The van der Waals surface area contributed by atoms with Crippen molar-refractivity contribution in [3.63, 3.8) is 0 Å². The van der Waals surface area contributed by atoms with E-state index in [9.17, 15) is 9.59 Å². The molecule has 2 atom stereocenters. The van der Waals surface area contributed by atoms with E-state index in [4.69, 9.17) is 9.15 Å². The minimum atomic E-state index is -0.0679. The van der Waals surface area contributed by atoms with Gasteiger partial charge in [0.15, 0.2) is 5.76 Å². The van der Waals surface area contributed by atoms with Gasteiger partial charge in [0.1, 0.15) is 5.76 Å². The van der Waals surface area contributed by atoms with Crippen molar-refractivity contribution in [1.82, 2.24) is 9.80 Å². The molecule has 0 aromatic carbocycles. The molecule has 0 aliphatic carbocycles. The third kappa shape index (κ3) is 2.63. The van der Waals surface area contributed by atoms with Gasteiger partial charge in [0, 0.05) is 26.6 Å². The molecular weight excluding hydrogens is 284 g/mol. The topological polar surface area (TPSA) is 63.0 Å². The Bertz CT molecular complexity index is 568. The average Bonchev–Trinajstić information content (AvgIpc) is 3.12. The Labute approximate surface area is 130 Å². The lowest BCUT2D eigenvalue weighted by atomic mass is 9.96. The number of methoxy groups -OCH3 is 1. The number of likely N-dealkylation sites (tertiary alicyclic amines) is 2. The quantitative estimate of drug-likeness (QED) is 0.844. The summed E-state index contributed by atoms with van der Waals surface area (Å²) in [6.07, 6.45) is 2.05. The van der Waals surface area contributed by atoms with Crippen molar-refractivity contribution in [2.75, 3.05) is 26.8 Å². The van der Waals surface area contributed by atoms with Crippen molar-refractivity contribution < 1.29 is 18.7 Å². The fraction of sp³-hybridized carbons (Fsp3) is 0.625. The minimum Gasteiger partial charge on any atom is -0.456 e. The molecule has 0 radical (unpaired) electrons. The number of piperidine rings is 1. The Morgan fingerprint density at radius 2 is 2.18 bits per heavy atom. The van der Waals surface area contributed by atoms with Crippen molar-refractivity contribution in [3.8, 4) is 0 Å². The molecule has 0 bridgehead atoms. The predicted molar refractivity (Wildman–Crippen MR) is 79.5 cm³/mol. The minimum absolute atomic E-state index is 0.0679. The van der Waals surface area contributed by atoms with Crippen molar-refractivity contribution in [3.05, 3.63) is 23.7 Å². The number of nitrogens with zero attached hydrogens (tertiary/aromatic N) is 2. The zero-order valence-corrected chi connectivity index (χ0v) is 13.1. The maximum atomic E-state index is 12.6. The Morgan fingerprint density at radius 3 is 2.86 bits per heavy atom. The molecule has 3 heterocycles. The third-order valence-corrected chi connectivity index (χ3v) is 4.63. The van der Waals surface area contributed by atoms with Crippen LogP contribution in [0.2, 0.25) is 0 Å². The van der Waals surface area contributed by atoms with Gasteiger partial charge in [0.2, 0.25) is 5.91 Å². The predicted octanol–water partition coefficient (Wildman–Crippen LogP) is 1.44. The van der Waals surface area contributed by atoms with Gasteiger partial charge in [-0.1, -0.05) is 0 Å². The molecule has 0 unspecified atom stereocenters. The molecular formula is C16H22N2O4. The van der Waals surface area contributed by atoms with E-state index in [0.717, 1.165) is 18.6 Å². The summed E-state index contributed by atoms with van der Waals surface area (Å²) in [7, 11) is 1.63. The number of carbonyl (C=O) groups is 2. The molecule has 0 spiro atoms. The van der Waals surface area contributed by atoms with Gasteiger partial charge < -0.3 is 19.0 Å². The largest absolute Gasteiger partial charge is 0.456 e. The van der Waals surface area contributed by atoms with Crippen molar-refractivity contribution in [1.29, 1.82) is 0 Å². The first-order valence-electron chi connectivity index (χ1n) is 7.77. The van der Waals surface area contributed by atoms with E-state index < -0.39 is 0 Å². The summed E-state index contributed by atoms with van der Waals surface area (Å²) < 4.78 is 10.6. The van der Waals surface area contributed by atoms with E-state index in [2.05, 4.69) is 0 Å². The fourth-order valence-electron chi connectivity index (χ4n) is 3.57. The molecule has 2 fully saturated rings. The number of ether oxygens (including phenoxy) is 1. The first-order valence-corrected chi connectivity index (χ1v) is 7.77. The van der Waals surface area contributed by atoms with Crippen LogP contribution < -0.4 is 0 Å². The molecule has 2 amide bonds. The Morgan fingerprint density at radius 1 is 1.36 bits per heavy atom. The standard InChI is InChI=1S/C16H22N2O4/c1-11-3-5-14(22-11)16(20)18-8-7-13-12(18)4-6-15(19)17(13)9-10-21-2/h3,5,12-13H,4,6-10H2,1-2H3/t12-,13+/m0/s1. The van der Waals surface area contributed by atoms with Crippen LogP contribution in [0.25, 0.3) is 0 Å². The monoisotopic (exact) mass is 306 g/mol. The van der Waals surface area contributed by atoms with E-state index in [1.165, 1.54) is 0 Å². The maximum Gasteiger partial charge on any atom is 0.289 e. The SMILES string of the molecule is COCCN1C(=O)CC[C@H]2[C@H]1CCN2C(=O)c1ccc(C)o1. The van der Waals surface area contributed by atoms with Crippen molar-refractivity contribution in [2.45, 2.75) is 38.3 Å². The van der Waals surface area contributed by atoms with Gasteiger partial charge >= 0.3 is 0 Å². The van der Waals surface area contributed by atoms with Crippen LogP contribution in [-0.2, 0) is 9.53 Å². The van der Waals surface area contributed by atoms with Crippen LogP contribution in [-0.4, -0.2) is 60.5 Å². The molecule has 2 aliphatic rings. The van der Waals surface area contributed by atoms with Crippen LogP contribution in [0.3, 0.4) is 0 Å². The molecule has 6 nitrogen and oxygen atoms in total. The molecule has 0 saturated carbocycles. The lowest BCUT2D eigenvalue weighted by molar-refractivity contribution is -0.138. The molecule has 1 aromatic heterocycles. The van der Waals surface area contributed by atoms with E-state index >= 15 is 0 Å². The number of carbonyl (C=O) groups excluding carboxylic acids is 2. The molecule has 1 aromatic rings. The van der Waals surface area contributed by atoms with Crippen LogP contribution in [0.15, 0.2) is 16.5 Å². The smallest absolute Gasteiger partial charge is 0.289 e. The summed E-state index contributed by atoms with van der Waals surface area (Å²) in [4.78, 5) is 28.5. The summed E-state index contributed by atoms with van der Waals surface area (Å²) in [6, 6.07) is 3.72. The van der Waals surface area contributed by atoms with Gasteiger partial charge in [-0.05, 0) is 31.9 Å². The third-order valence-electron chi connectivity index (χ3n) is 4.63. The van der Waals surface area contributed by atoms with Gasteiger partial charge in [0.25, 0.3) is 5.91 Å². The van der Waals surface area contributed by atoms with E-state index in [0.29, 0.717) is 31.9 Å². The molecule has 22 heavy (non-hydrogen) atoms. The second-order valence-electron chi connectivity index (χ2n) is 5.95. The van der Waals surface area contributed by atoms with E-state index in [1.54, 1.807) is 19.2 Å². The van der Waals surface area contributed by atoms with E-state index in [1.807, 2.05) is 16.7 Å². The molecule has 6 heteroatoms. The Balaban J connectivity index is 1.75. The summed E-state index contributed by atoms with van der Waals surface area (Å²) in [6.45, 7) is 3.62. The number of amides is 2. The van der Waals surface area contributed by atoms with Gasteiger partial charge in [-0.3, -0.25) is 9.59 Å². The van der Waals surface area contributed by atoms with Crippen LogP contribution in [0, 0.1) is 6.92 Å². The second-order valence-corrected chi connectivity index (χ2v) is 5.95. The van der Waals surface area contributed by atoms with Gasteiger partial charge in [-0.15, -0.1) is 0 Å². The number of aryl methyl sites for hydroxylation is 1. The van der Waals surface area contributed by atoms with Crippen LogP contribution >= 0.6 is 0 Å². The first kappa shape index (κ1) is 15.1.